The second-order valence-electron chi connectivity index (χ2n) is 7.78. The Balaban J connectivity index is 1.92. The fourth-order valence-corrected chi connectivity index (χ4v) is 4.83. The van der Waals surface area contributed by atoms with E-state index in [1.165, 1.54) is 17.0 Å². The molecule has 0 saturated carbocycles. The third-order valence-electron chi connectivity index (χ3n) is 5.60. The molecule has 0 bridgehead atoms. The van der Waals surface area contributed by atoms with Crippen molar-refractivity contribution in [1.29, 1.82) is 0 Å². The van der Waals surface area contributed by atoms with Gasteiger partial charge >= 0.3 is 0 Å². The van der Waals surface area contributed by atoms with Crippen LogP contribution < -0.4 is 10.2 Å². The van der Waals surface area contributed by atoms with E-state index in [0.29, 0.717) is 16.8 Å². The molecule has 1 aliphatic heterocycles. The van der Waals surface area contributed by atoms with Crippen LogP contribution in [0.15, 0.2) is 54.7 Å². The molecule has 29 heavy (non-hydrogen) atoms. The van der Waals surface area contributed by atoms with Gasteiger partial charge in [-0.15, -0.1) is 0 Å². The lowest BCUT2D eigenvalue weighted by Crippen LogP contribution is -2.29. The van der Waals surface area contributed by atoms with E-state index in [1.54, 1.807) is 12.3 Å². The SMILES string of the molecule is Cc1cc([C@@H]2[C@@H](c3ccccn3)NC(=S)N2c2ccccc2O)c(C)n1C(C)C. The van der Waals surface area contributed by atoms with Gasteiger partial charge < -0.3 is 19.9 Å². The minimum atomic E-state index is -0.121. The van der Waals surface area contributed by atoms with Crippen molar-refractivity contribution >= 4 is 23.0 Å². The molecule has 5 nitrogen and oxygen atoms in total. The van der Waals surface area contributed by atoms with Gasteiger partial charge in [0.1, 0.15) is 5.75 Å². The molecule has 4 rings (SSSR count). The topological polar surface area (TPSA) is 53.3 Å². The third kappa shape index (κ3) is 3.27. The fourth-order valence-electron chi connectivity index (χ4n) is 4.49. The number of thiocarbonyl (C=S) groups is 1. The summed E-state index contributed by atoms with van der Waals surface area (Å²) in [5, 5.41) is 14.6. The number of nitrogens with one attached hydrogen (secondary N) is 1. The lowest BCUT2D eigenvalue weighted by atomic mass is 9.96. The highest BCUT2D eigenvalue weighted by molar-refractivity contribution is 7.80. The van der Waals surface area contributed by atoms with Crippen LogP contribution in [0.3, 0.4) is 0 Å². The number of benzene rings is 1. The van der Waals surface area contributed by atoms with Gasteiger partial charge in [0, 0.05) is 23.6 Å². The minimum Gasteiger partial charge on any atom is -0.506 e. The highest BCUT2D eigenvalue weighted by Crippen LogP contribution is 2.45. The summed E-state index contributed by atoms with van der Waals surface area (Å²) in [7, 11) is 0. The van der Waals surface area contributed by atoms with Crippen molar-refractivity contribution in [3.05, 3.63) is 77.4 Å². The molecule has 1 fully saturated rings. The van der Waals surface area contributed by atoms with E-state index in [-0.39, 0.29) is 17.8 Å². The van der Waals surface area contributed by atoms with E-state index in [9.17, 15) is 5.11 Å². The number of aryl methyl sites for hydroxylation is 1. The largest absolute Gasteiger partial charge is 0.506 e. The monoisotopic (exact) mass is 406 g/mol. The maximum atomic E-state index is 10.6. The van der Waals surface area contributed by atoms with Gasteiger partial charge in [0.05, 0.1) is 23.5 Å². The van der Waals surface area contributed by atoms with Crippen molar-refractivity contribution in [1.82, 2.24) is 14.9 Å². The molecule has 0 spiro atoms. The van der Waals surface area contributed by atoms with Crippen LogP contribution in [-0.4, -0.2) is 19.8 Å². The molecule has 1 aliphatic rings. The number of para-hydroxylation sites is 2. The molecule has 3 aromatic rings. The second-order valence-corrected chi connectivity index (χ2v) is 8.16. The van der Waals surface area contributed by atoms with E-state index in [0.717, 1.165) is 5.69 Å². The van der Waals surface area contributed by atoms with Gasteiger partial charge in [-0.1, -0.05) is 18.2 Å². The predicted molar refractivity (Wildman–Crippen MR) is 120 cm³/mol. The van der Waals surface area contributed by atoms with E-state index < -0.39 is 0 Å². The van der Waals surface area contributed by atoms with Crippen molar-refractivity contribution in [3.8, 4) is 5.75 Å². The number of aromatic hydroxyl groups is 1. The van der Waals surface area contributed by atoms with Crippen LogP contribution in [0.5, 0.6) is 5.75 Å². The summed E-state index contributed by atoms with van der Waals surface area (Å²) >= 11 is 5.74. The highest BCUT2D eigenvalue weighted by Gasteiger charge is 2.43. The third-order valence-corrected chi connectivity index (χ3v) is 5.91. The van der Waals surface area contributed by atoms with Crippen molar-refractivity contribution in [2.24, 2.45) is 0 Å². The summed E-state index contributed by atoms with van der Waals surface area (Å²) in [5.41, 5.74) is 5.22. The van der Waals surface area contributed by atoms with Gasteiger partial charge in [-0.2, -0.15) is 0 Å². The van der Waals surface area contributed by atoms with Gasteiger partial charge in [-0.05, 0) is 75.8 Å². The second kappa shape index (κ2) is 7.52. The van der Waals surface area contributed by atoms with Crippen LogP contribution in [0.2, 0.25) is 0 Å². The highest BCUT2D eigenvalue weighted by atomic mass is 32.1. The predicted octanol–water partition coefficient (Wildman–Crippen LogP) is 4.96. The molecule has 0 radical (unpaired) electrons. The molecule has 3 heterocycles. The number of rotatable bonds is 4. The molecular weight excluding hydrogens is 380 g/mol. The minimum absolute atomic E-state index is 0.121. The average Bonchev–Trinajstić information content (AvgIpc) is 3.18. The first-order chi connectivity index (χ1) is 13.9. The molecule has 0 aliphatic carbocycles. The smallest absolute Gasteiger partial charge is 0.174 e. The van der Waals surface area contributed by atoms with Crippen LogP contribution in [0, 0.1) is 13.8 Å². The Bertz CT molecular complexity index is 1040. The van der Waals surface area contributed by atoms with Crippen molar-refractivity contribution < 1.29 is 5.11 Å². The quantitative estimate of drug-likeness (QED) is 0.600. The van der Waals surface area contributed by atoms with Gasteiger partial charge in [0.25, 0.3) is 0 Å². The first-order valence-electron chi connectivity index (χ1n) is 9.87. The lowest BCUT2D eigenvalue weighted by Gasteiger charge is -2.28. The summed E-state index contributed by atoms with van der Waals surface area (Å²) < 4.78 is 2.34. The lowest BCUT2D eigenvalue weighted by molar-refractivity contribution is 0.472. The number of hydrogen-bond acceptors (Lipinski definition) is 3. The normalized spacial score (nSPS) is 19.1. The first-order valence-corrected chi connectivity index (χ1v) is 10.3. The Kier molecular flexibility index (Phi) is 5.04. The summed E-state index contributed by atoms with van der Waals surface area (Å²) in [6.45, 7) is 8.68. The number of aromatic nitrogens is 2. The number of pyridine rings is 1. The van der Waals surface area contributed by atoms with Crippen LogP contribution in [0.1, 0.15) is 54.6 Å². The van der Waals surface area contributed by atoms with Gasteiger partial charge in [0.15, 0.2) is 5.11 Å². The van der Waals surface area contributed by atoms with Crippen LogP contribution in [0.4, 0.5) is 5.69 Å². The maximum Gasteiger partial charge on any atom is 0.174 e. The first kappa shape index (κ1) is 19.5. The number of anilines is 1. The number of hydrogen-bond donors (Lipinski definition) is 2. The maximum absolute atomic E-state index is 10.6. The Hall–Kier alpha value is -2.86. The Morgan fingerprint density at radius 2 is 1.83 bits per heavy atom. The van der Waals surface area contributed by atoms with Gasteiger partial charge in [-0.25, -0.2) is 0 Å². The van der Waals surface area contributed by atoms with Crippen LogP contribution in [0.25, 0.3) is 0 Å². The molecule has 2 atom stereocenters. The molecule has 1 saturated heterocycles. The molecular formula is C23H26N4OS. The fraction of sp³-hybridized carbons (Fsp3) is 0.304. The molecule has 150 valence electrons. The van der Waals surface area contributed by atoms with E-state index in [2.05, 4.69) is 48.6 Å². The summed E-state index contributed by atoms with van der Waals surface area (Å²) in [6.07, 6.45) is 1.80. The van der Waals surface area contributed by atoms with Crippen LogP contribution >= 0.6 is 12.2 Å². The van der Waals surface area contributed by atoms with Crippen molar-refractivity contribution in [2.75, 3.05) is 4.90 Å². The standard InChI is InChI=1S/C23H26N4OS/c1-14(2)26-15(3)13-17(16(26)4)22-21(18-9-7-8-12-24-18)25-23(29)27(22)19-10-5-6-11-20(19)28/h5-14,21-22,28H,1-4H3,(H,25,29)/t21-,22-/m1/s1. The van der Waals surface area contributed by atoms with Crippen LogP contribution in [-0.2, 0) is 0 Å². The van der Waals surface area contributed by atoms with E-state index in [4.69, 9.17) is 12.2 Å². The van der Waals surface area contributed by atoms with Crippen molar-refractivity contribution in [2.45, 2.75) is 45.8 Å². The van der Waals surface area contributed by atoms with Gasteiger partial charge in [0.2, 0.25) is 0 Å². The molecule has 1 aromatic carbocycles. The molecule has 6 heteroatoms. The summed E-state index contributed by atoms with van der Waals surface area (Å²) in [6, 6.07) is 15.6. The zero-order valence-electron chi connectivity index (χ0n) is 17.1. The molecule has 0 amide bonds. The Morgan fingerprint density at radius 3 is 2.45 bits per heavy atom. The van der Waals surface area contributed by atoms with E-state index >= 15 is 0 Å². The average molecular weight is 407 g/mol. The van der Waals surface area contributed by atoms with Gasteiger partial charge in [-0.3, -0.25) is 4.98 Å². The van der Waals surface area contributed by atoms with E-state index in [1.807, 2.05) is 41.3 Å². The Morgan fingerprint density at radius 1 is 1.10 bits per heavy atom. The number of phenolic OH excluding ortho intramolecular Hbond substituents is 1. The Labute approximate surface area is 177 Å². The zero-order valence-corrected chi connectivity index (χ0v) is 17.9. The summed E-state index contributed by atoms with van der Waals surface area (Å²) in [4.78, 5) is 6.62. The summed E-state index contributed by atoms with van der Waals surface area (Å²) in [5.74, 6) is 0.209. The zero-order chi connectivity index (χ0) is 20.7. The molecule has 2 N–H and O–H groups in total. The molecule has 2 aromatic heterocycles. The number of phenols is 1. The number of nitrogens with zero attached hydrogens (tertiary/aromatic N) is 3. The molecule has 0 unspecified atom stereocenters. The van der Waals surface area contributed by atoms with Crippen molar-refractivity contribution in [3.63, 3.8) is 0 Å².